The number of halogens is 1. The van der Waals surface area contributed by atoms with Crippen LogP contribution in [0.3, 0.4) is 0 Å². The summed E-state index contributed by atoms with van der Waals surface area (Å²) in [5.74, 6) is 0.751. The van der Waals surface area contributed by atoms with Crippen LogP contribution in [0.4, 0.5) is 17.1 Å². The summed E-state index contributed by atoms with van der Waals surface area (Å²) in [7, 11) is 1.62. The molecule has 0 aliphatic heterocycles. The van der Waals surface area contributed by atoms with Gasteiger partial charge in [-0.1, -0.05) is 6.07 Å². The van der Waals surface area contributed by atoms with Crippen molar-refractivity contribution in [1.29, 1.82) is 0 Å². The number of ether oxygens (including phenoxy) is 1. The van der Waals surface area contributed by atoms with Gasteiger partial charge < -0.3 is 15.8 Å². The quantitative estimate of drug-likeness (QED) is 0.840. The first-order valence-corrected chi connectivity index (χ1v) is 6.36. The molecule has 0 atom stereocenters. The van der Waals surface area contributed by atoms with E-state index in [0.717, 1.165) is 21.6 Å². The van der Waals surface area contributed by atoms with Gasteiger partial charge in [-0.25, -0.2) is 0 Å². The third-order valence-electron chi connectivity index (χ3n) is 2.65. The molecular weight excluding hydrogens is 292 g/mol. The van der Waals surface area contributed by atoms with Gasteiger partial charge in [0.25, 0.3) is 0 Å². The molecule has 0 aliphatic rings. The topological polar surface area (TPSA) is 47.3 Å². The molecule has 4 heteroatoms. The van der Waals surface area contributed by atoms with E-state index in [2.05, 4.69) is 34.2 Å². The Morgan fingerprint density at radius 3 is 2.56 bits per heavy atom. The molecule has 0 spiro atoms. The molecule has 0 heterocycles. The number of methoxy groups -OCH3 is 1. The molecule has 94 valence electrons. The normalized spacial score (nSPS) is 10.2. The molecule has 18 heavy (non-hydrogen) atoms. The summed E-state index contributed by atoms with van der Waals surface area (Å²) in [6.07, 6.45) is 0. The van der Waals surface area contributed by atoms with Gasteiger partial charge in [-0.15, -0.1) is 0 Å². The summed E-state index contributed by atoms with van der Waals surface area (Å²) >= 11 is 3.51. The number of benzene rings is 2. The zero-order valence-electron chi connectivity index (χ0n) is 10.3. The van der Waals surface area contributed by atoms with E-state index in [1.54, 1.807) is 13.2 Å². The lowest BCUT2D eigenvalue weighted by Crippen LogP contribution is -1.98. The second-order valence-corrected chi connectivity index (χ2v) is 4.92. The van der Waals surface area contributed by atoms with Gasteiger partial charge in [-0.05, 0) is 52.7 Å². The Morgan fingerprint density at radius 1 is 1.11 bits per heavy atom. The van der Waals surface area contributed by atoms with E-state index < -0.39 is 0 Å². The van der Waals surface area contributed by atoms with Gasteiger partial charge in [0.15, 0.2) is 0 Å². The molecule has 3 N–H and O–H groups in total. The predicted octanol–water partition coefficient (Wildman–Crippen LogP) is 4.09. The van der Waals surface area contributed by atoms with Crippen LogP contribution in [0.25, 0.3) is 0 Å². The molecule has 0 fully saturated rings. The van der Waals surface area contributed by atoms with Crippen LogP contribution in [0.5, 0.6) is 5.75 Å². The Hall–Kier alpha value is -1.68. The Bertz CT molecular complexity index is 570. The maximum absolute atomic E-state index is 5.98. The summed E-state index contributed by atoms with van der Waals surface area (Å²) in [6.45, 7) is 2.05. The van der Waals surface area contributed by atoms with E-state index in [0.29, 0.717) is 5.69 Å². The molecule has 0 bridgehead atoms. The Morgan fingerprint density at radius 2 is 1.89 bits per heavy atom. The van der Waals surface area contributed by atoms with Gasteiger partial charge in [-0.2, -0.15) is 0 Å². The van der Waals surface area contributed by atoms with Crippen molar-refractivity contribution < 1.29 is 4.74 Å². The number of nitrogens with one attached hydrogen (secondary N) is 1. The van der Waals surface area contributed by atoms with Crippen molar-refractivity contribution in [2.75, 3.05) is 18.2 Å². The minimum absolute atomic E-state index is 0.655. The number of nitrogen functional groups attached to an aromatic ring is 1. The first-order valence-electron chi connectivity index (χ1n) is 5.57. The van der Waals surface area contributed by atoms with E-state index in [-0.39, 0.29) is 0 Å². The van der Waals surface area contributed by atoms with E-state index in [1.807, 2.05) is 24.3 Å². The highest BCUT2D eigenvalue weighted by molar-refractivity contribution is 9.10. The molecule has 2 rings (SSSR count). The van der Waals surface area contributed by atoms with E-state index in [9.17, 15) is 0 Å². The van der Waals surface area contributed by atoms with Gasteiger partial charge in [0.2, 0.25) is 0 Å². The van der Waals surface area contributed by atoms with Crippen LogP contribution in [0.2, 0.25) is 0 Å². The minimum atomic E-state index is 0.655. The Labute approximate surface area is 115 Å². The van der Waals surface area contributed by atoms with Crippen LogP contribution in [-0.4, -0.2) is 7.11 Å². The second-order valence-electron chi connectivity index (χ2n) is 4.06. The lowest BCUT2D eigenvalue weighted by molar-refractivity contribution is 0.415. The molecule has 0 amide bonds. The standard InChI is InChI=1S/C14H15BrN2O/c1-9-3-5-11(15)14(7-9)17-13-6-4-10(18-2)8-12(13)16/h3-8,17H,16H2,1-2H3. The first-order chi connectivity index (χ1) is 8.60. The number of anilines is 3. The zero-order valence-corrected chi connectivity index (χ0v) is 11.9. The van der Waals surface area contributed by atoms with Crippen LogP contribution in [0, 0.1) is 6.92 Å². The average Bonchev–Trinajstić information content (AvgIpc) is 2.36. The first kappa shape index (κ1) is 12.8. The lowest BCUT2D eigenvalue weighted by atomic mass is 10.2. The maximum atomic E-state index is 5.98. The van der Waals surface area contributed by atoms with Crippen LogP contribution >= 0.6 is 15.9 Å². The van der Waals surface area contributed by atoms with Gasteiger partial charge in [-0.3, -0.25) is 0 Å². The second kappa shape index (κ2) is 5.31. The summed E-state index contributed by atoms with van der Waals surface area (Å²) < 4.78 is 6.13. The van der Waals surface area contributed by atoms with Gasteiger partial charge >= 0.3 is 0 Å². The fourth-order valence-corrected chi connectivity index (χ4v) is 2.01. The van der Waals surface area contributed by atoms with Gasteiger partial charge in [0, 0.05) is 10.5 Å². The average molecular weight is 307 g/mol. The van der Waals surface area contributed by atoms with Crippen LogP contribution in [0.1, 0.15) is 5.56 Å². The summed E-state index contributed by atoms with van der Waals surface area (Å²) in [6, 6.07) is 11.7. The van der Waals surface area contributed by atoms with Gasteiger partial charge in [0.05, 0.1) is 24.2 Å². The fourth-order valence-electron chi connectivity index (χ4n) is 1.66. The van der Waals surface area contributed by atoms with Crippen molar-refractivity contribution in [3.8, 4) is 5.75 Å². The van der Waals surface area contributed by atoms with Crippen molar-refractivity contribution in [1.82, 2.24) is 0 Å². The van der Waals surface area contributed by atoms with Crippen molar-refractivity contribution in [3.63, 3.8) is 0 Å². The molecule has 0 radical (unpaired) electrons. The molecule has 0 saturated heterocycles. The Kier molecular flexibility index (Phi) is 3.77. The maximum Gasteiger partial charge on any atom is 0.121 e. The van der Waals surface area contributed by atoms with E-state index in [1.165, 1.54) is 5.56 Å². The number of hydrogen-bond donors (Lipinski definition) is 2. The van der Waals surface area contributed by atoms with Crippen molar-refractivity contribution >= 4 is 33.0 Å². The number of aryl methyl sites for hydroxylation is 1. The monoisotopic (exact) mass is 306 g/mol. The third kappa shape index (κ3) is 2.76. The highest BCUT2D eigenvalue weighted by Crippen LogP contribution is 2.31. The summed E-state index contributed by atoms with van der Waals surface area (Å²) in [5, 5.41) is 3.31. The van der Waals surface area contributed by atoms with Gasteiger partial charge in [0.1, 0.15) is 5.75 Å². The SMILES string of the molecule is COc1ccc(Nc2cc(C)ccc2Br)c(N)c1. The number of nitrogens with two attached hydrogens (primary N) is 1. The largest absolute Gasteiger partial charge is 0.497 e. The van der Waals surface area contributed by atoms with Crippen molar-refractivity contribution in [3.05, 3.63) is 46.4 Å². The third-order valence-corrected chi connectivity index (χ3v) is 3.34. The highest BCUT2D eigenvalue weighted by atomic mass is 79.9. The molecule has 0 aliphatic carbocycles. The zero-order chi connectivity index (χ0) is 13.1. The fraction of sp³-hybridized carbons (Fsp3) is 0.143. The number of rotatable bonds is 3. The molecule has 3 nitrogen and oxygen atoms in total. The predicted molar refractivity (Wildman–Crippen MR) is 79.6 cm³/mol. The molecule has 0 unspecified atom stereocenters. The summed E-state index contributed by atoms with van der Waals surface area (Å²) in [4.78, 5) is 0. The molecule has 2 aromatic carbocycles. The van der Waals surface area contributed by atoms with Crippen LogP contribution in [0.15, 0.2) is 40.9 Å². The summed E-state index contributed by atoms with van der Waals surface area (Å²) in [5.41, 5.74) is 9.67. The molecular formula is C14H15BrN2O. The molecule has 2 aromatic rings. The Balaban J connectivity index is 2.31. The van der Waals surface area contributed by atoms with Crippen molar-refractivity contribution in [2.45, 2.75) is 6.92 Å². The number of hydrogen-bond acceptors (Lipinski definition) is 3. The molecule has 0 saturated carbocycles. The minimum Gasteiger partial charge on any atom is -0.497 e. The van der Waals surface area contributed by atoms with Crippen LogP contribution in [-0.2, 0) is 0 Å². The van der Waals surface area contributed by atoms with Crippen molar-refractivity contribution in [2.24, 2.45) is 0 Å². The molecule has 0 aromatic heterocycles. The van der Waals surface area contributed by atoms with Crippen LogP contribution < -0.4 is 15.8 Å². The lowest BCUT2D eigenvalue weighted by Gasteiger charge is -2.12. The smallest absolute Gasteiger partial charge is 0.121 e. The highest BCUT2D eigenvalue weighted by Gasteiger charge is 2.04. The van der Waals surface area contributed by atoms with E-state index in [4.69, 9.17) is 10.5 Å². The van der Waals surface area contributed by atoms with E-state index >= 15 is 0 Å².